The Kier molecular flexibility index (Phi) is 6.00. The lowest BCUT2D eigenvalue weighted by Gasteiger charge is -2.39. The number of hydrogen-bond acceptors (Lipinski definition) is 0. The normalized spacial score (nSPS) is 29.2. The smallest absolute Gasteiger partial charge is 0.167 e. The van der Waals surface area contributed by atoms with E-state index in [1.807, 2.05) is 32.0 Å². The van der Waals surface area contributed by atoms with Crippen molar-refractivity contribution in [3.8, 4) is 0 Å². The van der Waals surface area contributed by atoms with Gasteiger partial charge in [-0.1, -0.05) is 38.8 Å². The highest BCUT2D eigenvalue weighted by Crippen LogP contribution is 2.45. The first-order valence-electron chi connectivity index (χ1n) is 11.7. The molecule has 0 amide bonds. The predicted octanol–water partition coefficient (Wildman–Crippen LogP) is 8.47. The maximum absolute atomic E-state index is 15.1. The molecule has 1 atom stereocenters. The van der Waals surface area contributed by atoms with Crippen molar-refractivity contribution in [1.29, 1.82) is 0 Å². The van der Waals surface area contributed by atoms with Crippen LogP contribution in [-0.2, 0) is 0 Å². The molecule has 0 bridgehead atoms. The highest BCUT2D eigenvalue weighted by molar-refractivity contribution is 5.88. The van der Waals surface area contributed by atoms with Crippen LogP contribution in [0.4, 0.5) is 8.78 Å². The molecule has 0 aliphatic heterocycles. The molecular formula is C27H36F2. The molecule has 0 spiro atoms. The number of hydrogen-bond donors (Lipinski definition) is 0. The fourth-order valence-electron chi connectivity index (χ4n) is 6.17. The van der Waals surface area contributed by atoms with Gasteiger partial charge in [0.15, 0.2) is 11.6 Å². The predicted molar refractivity (Wildman–Crippen MR) is 118 cm³/mol. The van der Waals surface area contributed by atoms with Gasteiger partial charge in [-0.05, 0) is 110 Å². The van der Waals surface area contributed by atoms with E-state index in [-0.39, 0.29) is 5.92 Å². The van der Waals surface area contributed by atoms with Crippen LogP contribution in [0.2, 0.25) is 0 Å². The first-order valence-corrected chi connectivity index (χ1v) is 11.7. The first-order chi connectivity index (χ1) is 13.9. The molecule has 4 rings (SSSR count). The van der Waals surface area contributed by atoms with Crippen molar-refractivity contribution in [2.75, 3.05) is 0 Å². The molecule has 2 aliphatic rings. The van der Waals surface area contributed by atoms with Crippen molar-refractivity contribution < 1.29 is 8.78 Å². The van der Waals surface area contributed by atoms with E-state index in [0.717, 1.165) is 47.1 Å². The minimum Gasteiger partial charge on any atom is -0.203 e. The van der Waals surface area contributed by atoms with Crippen molar-refractivity contribution in [3.05, 3.63) is 46.5 Å². The van der Waals surface area contributed by atoms with E-state index in [0.29, 0.717) is 16.9 Å². The molecule has 2 aliphatic carbocycles. The van der Waals surface area contributed by atoms with E-state index in [9.17, 15) is 4.39 Å². The standard InChI is InChI=1S/C27H36F2/c1-16-5-8-21(9-6-16)22-13-11-20(12-14-22)19(4)24-15-23-10-7-17(2)18(3)25(23)27(29)26(24)28/h7,10,15-16,19-22H,5-6,8-9,11-14H2,1-4H3. The Balaban J connectivity index is 1.50. The zero-order valence-corrected chi connectivity index (χ0v) is 18.5. The summed E-state index contributed by atoms with van der Waals surface area (Å²) < 4.78 is 30.1. The molecule has 2 saturated carbocycles. The second-order valence-corrected chi connectivity index (χ2v) is 10.2. The number of aryl methyl sites for hydroxylation is 2. The first kappa shape index (κ1) is 20.8. The SMILES string of the molecule is Cc1ccc2cc(C(C)C3CCC(C4CCC(C)CC4)CC3)c(F)c(F)c2c1C. The summed E-state index contributed by atoms with van der Waals surface area (Å²) in [5.41, 5.74) is 2.43. The van der Waals surface area contributed by atoms with E-state index in [1.54, 1.807) is 0 Å². The van der Waals surface area contributed by atoms with E-state index in [1.165, 1.54) is 38.5 Å². The van der Waals surface area contributed by atoms with Gasteiger partial charge in [0.05, 0.1) is 0 Å². The Bertz CT molecular complexity index is 868. The Hall–Kier alpha value is -1.44. The van der Waals surface area contributed by atoms with Gasteiger partial charge in [0.2, 0.25) is 0 Å². The van der Waals surface area contributed by atoms with Gasteiger partial charge >= 0.3 is 0 Å². The van der Waals surface area contributed by atoms with E-state index >= 15 is 4.39 Å². The monoisotopic (exact) mass is 398 g/mol. The summed E-state index contributed by atoms with van der Waals surface area (Å²) in [6, 6.07) is 5.87. The van der Waals surface area contributed by atoms with Gasteiger partial charge in [0, 0.05) is 5.39 Å². The van der Waals surface area contributed by atoms with Gasteiger partial charge in [-0.2, -0.15) is 0 Å². The van der Waals surface area contributed by atoms with E-state index in [4.69, 9.17) is 0 Å². The summed E-state index contributed by atoms with van der Waals surface area (Å²) in [5, 5.41) is 1.28. The van der Waals surface area contributed by atoms with Crippen molar-refractivity contribution in [2.45, 2.75) is 85.0 Å². The third-order valence-corrected chi connectivity index (χ3v) is 8.49. The number of benzene rings is 2. The molecule has 29 heavy (non-hydrogen) atoms. The van der Waals surface area contributed by atoms with Crippen LogP contribution in [0.1, 0.15) is 87.8 Å². The molecule has 2 aromatic carbocycles. The lowest BCUT2D eigenvalue weighted by Crippen LogP contribution is -2.27. The van der Waals surface area contributed by atoms with Crippen LogP contribution < -0.4 is 0 Å². The van der Waals surface area contributed by atoms with Gasteiger partial charge in [0.25, 0.3) is 0 Å². The average molecular weight is 399 g/mol. The van der Waals surface area contributed by atoms with Crippen LogP contribution in [-0.4, -0.2) is 0 Å². The van der Waals surface area contributed by atoms with E-state index in [2.05, 4.69) is 13.8 Å². The van der Waals surface area contributed by atoms with Gasteiger partial charge < -0.3 is 0 Å². The van der Waals surface area contributed by atoms with Gasteiger partial charge in [-0.3, -0.25) is 0 Å². The topological polar surface area (TPSA) is 0 Å². The summed E-state index contributed by atoms with van der Waals surface area (Å²) in [7, 11) is 0. The maximum Gasteiger partial charge on any atom is 0.167 e. The summed E-state index contributed by atoms with van der Waals surface area (Å²) in [5.74, 6) is 1.92. The quantitative estimate of drug-likeness (QED) is 0.486. The van der Waals surface area contributed by atoms with Gasteiger partial charge in [-0.25, -0.2) is 8.78 Å². The number of rotatable bonds is 3. The van der Waals surface area contributed by atoms with Crippen molar-refractivity contribution >= 4 is 10.8 Å². The summed E-state index contributed by atoms with van der Waals surface area (Å²) in [6.45, 7) is 8.33. The minimum atomic E-state index is -0.657. The second kappa shape index (κ2) is 8.36. The lowest BCUT2D eigenvalue weighted by molar-refractivity contribution is 0.143. The summed E-state index contributed by atoms with van der Waals surface area (Å²) >= 11 is 0. The third kappa shape index (κ3) is 3.97. The van der Waals surface area contributed by atoms with E-state index < -0.39 is 11.6 Å². The largest absolute Gasteiger partial charge is 0.203 e. The Labute approximate surface area is 175 Å². The van der Waals surface area contributed by atoms with Crippen LogP contribution in [0.5, 0.6) is 0 Å². The zero-order valence-electron chi connectivity index (χ0n) is 18.5. The molecule has 0 saturated heterocycles. The van der Waals surface area contributed by atoms with Crippen LogP contribution in [0.25, 0.3) is 10.8 Å². The Morgan fingerprint density at radius 2 is 1.41 bits per heavy atom. The summed E-state index contributed by atoms with van der Waals surface area (Å²) in [4.78, 5) is 0. The molecule has 0 aromatic heterocycles. The molecule has 2 fully saturated rings. The average Bonchev–Trinajstić information content (AvgIpc) is 2.73. The molecular weight excluding hydrogens is 362 g/mol. The molecule has 0 heterocycles. The van der Waals surface area contributed by atoms with Crippen molar-refractivity contribution in [2.24, 2.45) is 23.7 Å². The molecule has 2 aromatic rings. The molecule has 1 unspecified atom stereocenters. The number of halogens is 2. The highest BCUT2D eigenvalue weighted by atomic mass is 19.2. The highest BCUT2D eigenvalue weighted by Gasteiger charge is 2.33. The Morgan fingerprint density at radius 3 is 2.03 bits per heavy atom. The number of fused-ring (bicyclic) bond motifs is 1. The van der Waals surface area contributed by atoms with Gasteiger partial charge in [0.1, 0.15) is 0 Å². The molecule has 158 valence electrons. The fraction of sp³-hybridized carbons (Fsp3) is 0.630. The van der Waals surface area contributed by atoms with Crippen LogP contribution in [0.15, 0.2) is 18.2 Å². The molecule has 0 N–H and O–H groups in total. The molecule has 0 radical (unpaired) electrons. The van der Waals surface area contributed by atoms with Crippen LogP contribution in [0, 0.1) is 49.2 Å². The minimum absolute atomic E-state index is 0.0721. The molecule has 2 heteroatoms. The Morgan fingerprint density at radius 1 is 0.828 bits per heavy atom. The second-order valence-electron chi connectivity index (χ2n) is 10.2. The summed E-state index contributed by atoms with van der Waals surface area (Å²) in [6.07, 6.45) is 10.4. The van der Waals surface area contributed by atoms with Gasteiger partial charge in [-0.15, -0.1) is 0 Å². The van der Waals surface area contributed by atoms with Crippen molar-refractivity contribution in [3.63, 3.8) is 0 Å². The third-order valence-electron chi connectivity index (χ3n) is 8.49. The lowest BCUT2D eigenvalue weighted by atomic mass is 9.67. The zero-order chi connectivity index (χ0) is 20.7. The van der Waals surface area contributed by atoms with Crippen LogP contribution >= 0.6 is 0 Å². The fourth-order valence-corrected chi connectivity index (χ4v) is 6.17. The maximum atomic E-state index is 15.1. The van der Waals surface area contributed by atoms with Crippen molar-refractivity contribution in [1.82, 2.24) is 0 Å². The van der Waals surface area contributed by atoms with Crippen LogP contribution in [0.3, 0.4) is 0 Å². The molecule has 0 nitrogen and oxygen atoms in total.